The Morgan fingerprint density at radius 2 is 1.72 bits per heavy atom. The minimum Gasteiger partial charge on any atom is -0.382 e. The second kappa shape index (κ2) is 17.8. The highest BCUT2D eigenvalue weighted by atomic mass is 32.2. The molecule has 2 heterocycles. The molecule has 3 N–H and O–H groups in total. The first kappa shape index (κ1) is 35.1. The molecule has 43 heavy (non-hydrogen) atoms. The molecule has 0 amide bonds. The second-order valence-electron chi connectivity index (χ2n) is 11.9. The summed E-state index contributed by atoms with van der Waals surface area (Å²) in [6, 6.07) is 8.69. The number of imidazole rings is 1. The molecule has 11 heteroatoms. The SMILES string of the molecule is C[C@H](Cn1cnc2c(N)ncnc21)OCP(=O)(O)OCCSCCCCCCCCCc1ccc(C#CC(C)(C)C)cc1. The quantitative estimate of drug-likeness (QED) is 0.0813. The van der Waals surface area contributed by atoms with Crippen LogP contribution in [0.4, 0.5) is 5.82 Å². The topological polar surface area (TPSA) is 125 Å². The highest BCUT2D eigenvalue weighted by molar-refractivity contribution is 7.99. The molecule has 9 nitrogen and oxygen atoms in total. The molecule has 3 rings (SSSR count). The van der Waals surface area contributed by atoms with Crippen LogP contribution in [0.1, 0.15) is 83.8 Å². The molecule has 0 aliphatic rings. The smallest absolute Gasteiger partial charge is 0.353 e. The van der Waals surface area contributed by atoms with Crippen LogP contribution in [0.2, 0.25) is 0 Å². The number of nitrogen functional groups attached to an aromatic ring is 1. The number of hydrogen-bond donors (Lipinski definition) is 2. The van der Waals surface area contributed by atoms with E-state index in [1.165, 1.54) is 50.4 Å². The normalized spacial score (nSPS) is 13.9. The van der Waals surface area contributed by atoms with Crippen molar-refractivity contribution in [2.75, 3.05) is 30.2 Å². The summed E-state index contributed by atoms with van der Waals surface area (Å²) >= 11 is 1.76. The fraction of sp³-hybridized carbons (Fsp3) is 0.594. The highest BCUT2D eigenvalue weighted by Gasteiger charge is 2.21. The summed E-state index contributed by atoms with van der Waals surface area (Å²) in [6.45, 7) is 8.84. The number of hydrogen-bond acceptors (Lipinski definition) is 8. The predicted octanol–water partition coefficient (Wildman–Crippen LogP) is 7.08. The Balaban J connectivity index is 1.14. The molecule has 0 spiro atoms. The summed E-state index contributed by atoms with van der Waals surface area (Å²) in [5.74, 6) is 8.58. The zero-order valence-electron chi connectivity index (χ0n) is 26.1. The molecule has 236 valence electrons. The van der Waals surface area contributed by atoms with Gasteiger partial charge in [0.2, 0.25) is 0 Å². The molecule has 0 fully saturated rings. The number of benzene rings is 1. The van der Waals surface area contributed by atoms with Gasteiger partial charge in [-0.1, -0.05) is 56.1 Å². The summed E-state index contributed by atoms with van der Waals surface area (Å²) in [5.41, 5.74) is 9.45. The van der Waals surface area contributed by atoms with Crippen LogP contribution in [-0.4, -0.2) is 55.0 Å². The van der Waals surface area contributed by atoms with Gasteiger partial charge in [-0.25, -0.2) is 15.0 Å². The number of aromatic nitrogens is 4. The van der Waals surface area contributed by atoms with Crippen molar-refractivity contribution in [2.24, 2.45) is 5.41 Å². The van der Waals surface area contributed by atoms with Gasteiger partial charge in [0.15, 0.2) is 11.5 Å². The Morgan fingerprint density at radius 3 is 2.44 bits per heavy atom. The molecule has 0 radical (unpaired) electrons. The summed E-state index contributed by atoms with van der Waals surface area (Å²) in [7, 11) is -3.81. The molecule has 0 saturated heterocycles. The number of anilines is 1. The molecule has 0 saturated carbocycles. The number of thioether (sulfide) groups is 1. The minimum atomic E-state index is -3.81. The van der Waals surface area contributed by atoms with E-state index < -0.39 is 7.60 Å². The number of rotatable bonds is 19. The molecule has 1 unspecified atom stereocenters. The summed E-state index contributed by atoms with van der Waals surface area (Å²) < 4.78 is 25.0. The van der Waals surface area contributed by atoms with Crippen molar-refractivity contribution in [2.45, 2.75) is 91.7 Å². The van der Waals surface area contributed by atoms with Gasteiger partial charge in [0.05, 0.1) is 25.6 Å². The van der Waals surface area contributed by atoms with E-state index in [0.717, 1.165) is 24.2 Å². The lowest BCUT2D eigenvalue weighted by atomic mass is 9.97. The van der Waals surface area contributed by atoms with Crippen LogP contribution >= 0.6 is 19.4 Å². The van der Waals surface area contributed by atoms with E-state index in [2.05, 4.69) is 71.8 Å². The predicted molar refractivity (Wildman–Crippen MR) is 177 cm³/mol. The highest BCUT2D eigenvalue weighted by Crippen LogP contribution is 2.42. The van der Waals surface area contributed by atoms with Crippen LogP contribution in [0.15, 0.2) is 36.9 Å². The first-order valence-electron chi connectivity index (χ1n) is 15.2. The van der Waals surface area contributed by atoms with Crippen molar-refractivity contribution in [1.29, 1.82) is 0 Å². The van der Waals surface area contributed by atoms with Crippen molar-refractivity contribution in [1.82, 2.24) is 19.5 Å². The van der Waals surface area contributed by atoms with Crippen LogP contribution in [0, 0.1) is 17.3 Å². The lowest BCUT2D eigenvalue weighted by molar-refractivity contribution is 0.0724. The molecule has 1 aromatic carbocycles. The van der Waals surface area contributed by atoms with Crippen LogP contribution in [0.25, 0.3) is 11.2 Å². The molecule has 0 bridgehead atoms. The second-order valence-corrected chi connectivity index (χ2v) is 15.0. The number of nitrogens with zero attached hydrogens (tertiary/aromatic N) is 4. The minimum absolute atomic E-state index is 0.0314. The van der Waals surface area contributed by atoms with Crippen molar-refractivity contribution >= 4 is 36.3 Å². The Labute approximate surface area is 261 Å². The number of ether oxygens (including phenoxy) is 1. The first-order chi connectivity index (χ1) is 20.5. The van der Waals surface area contributed by atoms with Crippen molar-refractivity contribution in [3.63, 3.8) is 0 Å². The van der Waals surface area contributed by atoms with Crippen molar-refractivity contribution in [3.8, 4) is 11.8 Å². The summed E-state index contributed by atoms with van der Waals surface area (Å²) in [5, 5.41) is 0. The summed E-state index contributed by atoms with van der Waals surface area (Å²) in [6.07, 6.45) is 12.1. The van der Waals surface area contributed by atoms with Gasteiger partial charge >= 0.3 is 7.60 Å². The molecular weight excluding hydrogens is 581 g/mol. The number of unbranched alkanes of at least 4 members (excludes halogenated alkanes) is 6. The van der Waals surface area contributed by atoms with E-state index in [1.807, 2.05) is 6.92 Å². The maximum atomic E-state index is 12.3. The Kier molecular flexibility index (Phi) is 14.5. The van der Waals surface area contributed by atoms with Gasteiger partial charge < -0.3 is 24.5 Å². The molecule has 0 aliphatic carbocycles. The fourth-order valence-electron chi connectivity index (χ4n) is 4.39. The van der Waals surface area contributed by atoms with Crippen LogP contribution in [-0.2, 0) is 26.8 Å². The lowest BCUT2D eigenvalue weighted by Gasteiger charge is -2.17. The number of nitrogens with two attached hydrogens (primary N) is 1. The Bertz CT molecular complexity index is 1360. The maximum absolute atomic E-state index is 12.3. The lowest BCUT2D eigenvalue weighted by Crippen LogP contribution is -2.17. The van der Waals surface area contributed by atoms with Crippen molar-refractivity contribution < 1.29 is 18.7 Å². The fourth-order valence-corrected chi connectivity index (χ4v) is 6.22. The van der Waals surface area contributed by atoms with Crippen LogP contribution in [0.5, 0.6) is 0 Å². The molecule has 3 aromatic rings. The zero-order chi connectivity index (χ0) is 31.1. The van der Waals surface area contributed by atoms with E-state index in [4.69, 9.17) is 15.0 Å². The van der Waals surface area contributed by atoms with E-state index in [-0.39, 0.29) is 24.5 Å². The number of fused-ring (bicyclic) bond motifs is 1. The van der Waals surface area contributed by atoms with Gasteiger partial charge in [0.25, 0.3) is 0 Å². The number of aryl methyl sites for hydroxylation is 1. The molecule has 2 aromatic heterocycles. The maximum Gasteiger partial charge on any atom is 0.353 e. The van der Waals surface area contributed by atoms with Crippen LogP contribution in [0.3, 0.4) is 0 Å². The van der Waals surface area contributed by atoms with Gasteiger partial charge in [-0.05, 0) is 70.4 Å². The Hall–Kier alpha value is -2.41. The Morgan fingerprint density at radius 1 is 1.02 bits per heavy atom. The third-order valence-corrected chi connectivity index (χ3v) is 8.81. The molecular formula is C32H48N5O4PS. The molecule has 2 atom stereocenters. The average molecular weight is 630 g/mol. The van der Waals surface area contributed by atoms with E-state index in [0.29, 0.717) is 29.3 Å². The van der Waals surface area contributed by atoms with Gasteiger partial charge in [-0.2, -0.15) is 11.8 Å². The van der Waals surface area contributed by atoms with E-state index in [9.17, 15) is 9.46 Å². The van der Waals surface area contributed by atoms with Crippen molar-refractivity contribution in [3.05, 3.63) is 48.0 Å². The zero-order valence-corrected chi connectivity index (χ0v) is 27.8. The first-order valence-corrected chi connectivity index (χ1v) is 18.1. The standard InChI is InChI=1S/C32H48N5O4PS/c1-26(22-37-24-36-29-30(33)34-23-35-31(29)37)40-25-42(38,39)41-19-21-43-20-11-9-7-5-6-8-10-12-27-13-15-28(16-14-27)17-18-32(2,3)4/h13-16,23-24,26H,5-12,19-22,25H2,1-4H3,(H,38,39)(H2,33,34,35)/t26-/m1/s1. The van der Waals surface area contributed by atoms with E-state index >= 15 is 0 Å². The summed E-state index contributed by atoms with van der Waals surface area (Å²) in [4.78, 5) is 22.5. The largest absolute Gasteiger partial charge is 0.382 e. The molecule has 0 aliphatic heterocycles. The van der Waals surface area contributed by atoms with Crippen LogP contribution < -0.4 is 5.73 Å². The average Bonchev–Trinajstić information content (AvgIpc) is 3.37. The van der Waals surface area contributed by atoms with Gasteiger partial charge in [0.1, 0.15) is 18.2 Å². The van der Waals surface area contributed by atoms with E-state index in [1.54, 1.807) is 22.7 Å². The monoisotopic (exact) mass is 629 g/mol. The third-order valence-electron chi connectivity index (χ3n) is 6.72. The third kappa shape index (κ3) is 13.8. The van der Waals surface area contributed by atoms with Gasteiger partial charge in [-0.3, -0.25) is 4.57 Å². The van der Waals surface area contributed by atoms with Gasteiger partial charge in [-0.15, -0.1) is 0 Å². The van der Waals surface area contributed by atoms with Gasteiger partial charge in [0, 0.05) is 16.7 Å².